The molecule has 0 amide bonds. The van der Waals surface area contributed by atoms with Crippen molar-refractivity contribution in [3.8, 4) is 0 Å². The minimum absolute atomic E-state index is 0.255. The van der Waals surface area contributed by atoms with Crippen molar-refractivity contribution in [2.24, 2.45) is 0 Å². The van der Waals surface area contributed by atoms with Gasteiger partial charge in [-0.05, 0) is 6.92 Å². The molecule has 0 radical (unpaired) electrons. The van der Waals surface area contributed by atoms with Crippen LogP contribution in [0.5, 0.6) is 0 Å². The molecule has 0 bridgehead atoms. The van der Waals surface area contributed by atoms with Gasteiger partial charge in [0, 0.05) is 11.3 Å². The first-order chi connectivity index (χ1) is 4.00. The number of nitrogens with zero attached hydrogens (tertiary/aromatic N) is 1. The molecule has 0 N–H and O–H groups in total. The van der Waals surface area contributed by atoms with Gasteiger partial charge >= 0.3 is 0 Å². The monoisotopic (exact) mass is 133 g/mol. The number of rotatable bonds is 1. The summed E-state index contributed by atoms with van der Waals surface area (Å²) in [6.45, 7) is 3.43. The Morgan fingerprint density at radius 2 is 1.78 bits per heavy atom. The van der Waals surface area contributed by atoms with Crippen LogP contribution in [0.2, 0.25) is 0 Å². The van der Waals surface area contributed by atoms with Crippen LogP contribution in [0.15, 0.2) is 0 Å². The number of hydrogen-bond acceptors (Lipinski definition) is 3. The summed E-state index contributed by atoms with van der Waals surface area (Å²) in [6, 6.07) is 0. The molecule has 0 aliphatic heterocycles. The van der Waals surface area contributed by atoms with Crippen LogP contribution in [0.4, 0.5) is 0 Å². The first kappa shape index (κ1) is 10.9. The summed E-state index contributed by atoms with van der Waals surface area (Å²) in [4.78, 5) is 18.1. The van der Waals surface area contributed by atoms with E-state index in [-0.39, 0.29) is 5.78 Å². The van der Waals surface area contributed by atoms with Gasteiger partial charge in [0.15, 0.2) is 7.05 Å². The lowest BCUT2D eigenvalue weighted by molar-refractivity contribution is -0.445. The van der Waals surface area contributed by atoms with Crippen LogP contribution in [0, 0.1) is 10.1 Å². The van der Waals surface area contributed by atoms with Crippen LogP contribution in [-0.2, 0) is 4.79 Å². The molecule has 0 aromatic heterocycles. The van der Waals surface area contributed by atoms with Crippen LogP contribution in [0.1, 0.15) is 20.3 Å². The van der Waals surface area contributed by atoms with Crippen LogP contribution in [0.3, 0.4) is 0 Å². The normalized spacial score (nSPS) is 7.00. The summed E-state index contributed by atoms with van der Waals surface area (Å²) >= 11 is 0. The standard InChI is InChI=1S/C4H8O.CH3NO2/c1-3-4(2)5;1-2(3)4/h3H2,1-2H3;1H3. The maximum Gasteiger partial charge on any atom is 0.194 e. The Morgan fingerprint density at radius 1 is 1.67 bits per heavy atom. The maximum atomic E-state index is 9.81. The minimum atomic E-state index is -0.500. The van der Waals surface area contributed by atoms with E-state index < -0.39 is 4.92 Å². The van der Waals surface area contributed by atoms with Crippen LogP contribution in [-0.4, -0.2) is 17.8 Å². The molecule has 4 heteroatoms. The van der Waals surface area contributed by atoms with Crippen LogP contribution in [0.25, 0.3) is 0 Å². The maximum absolute atomic E-state index is 9.81. The lowest BCUT2D eigenvalue weighted by Gasteiger charge is -1.71. The largest absolute Gasteiger partial charge is 0.300 e. The average molecular weight is 133 g/mol. The smallest absolute Gasteiger partial charge is 0.194 e. The van der Waals surface area contributed by atoms with E-state index in [9.17, 15) is 4.79 Å². The van der Waals surface area contributed by atoms with E-state index in [0.29, 0.717) is 6.42 Å². The fourth-order valence-corrected chi connectivity index (χ4v) is 0. The van der Waals surface area contributed by atoms with Gasteiger partial charge in [-0.2, -0.15) is 0 Å². The lowest BCUT2D eigenvalue weighted by Crippen LogP contribution is -1.80. The zero-order valence-corrected chi connectivity index (χ0v) is 5.88. The molecule has 0 aliphatic rings. The summed E-state index contributed by atoms with van der Waals surface area (Å²) in [5.41, 5.74) is 0. The van der Waals surface area contributed by atoms with E-state index in [1.54, 1.807) is 6.92 Å². The van der Waals surface area contributed by atoms with Gasteiger partial charge in [-0.15, -0.1) is 0 Å². The van der Waals surface area contributed by atoms with Crippen molar-refractivity contribution in [3.63, 3.8) is 0 Å². The molecule has 0 saturated heterocycles. The highest BCUT2D eigenvalue weighted by Crippen LogP contribution is 1.71. The van der Waals surface area contributed by atoms with Crippen molar-refractivity contribution in [1.82, 2.24) is 0 Å². The minimum Gasteiger partial charge on any atom is -0.300 e. The lowest BCUT2D eigenvalue weighted by atomic mass is 10.4. The van der Waals surface area contributed by atoms with Crippen molar-refractivity contribution in [1.29, 1.82) is 0 Å². The summed E-state index contributed by atoms with van der Waals surface area (Å²) in [5.74, 6) is 0.255. The Morgan fingerprint density at radius 3 is 1.78 bits per heavy atom. The molecule has 0 aromatic carbocycles. The first-order valence-corrected chi connectivity index (χ1v) is 2.58. The van der Waals surface area contributed by atoms with E-state index in [2.05, 4.69) is 0 Å². The third-order valence-corrected chi connectivity index (χ3v) is 0.498. The predicted molar refractivity (Wildman–Crippen MR) is 33.9 cm³/mol. The van der Waals surface area contributed by atoms with Crippen molar-refractivity contribution in [3.05, 3.63) is 10.1 Å². The summed E-state index contributed by atoms with van der Waals surface area (Å²) in [6.07, 6.45) is 0.667. The van der Waals surface area contributed by atoms with Crippen LogP contribution >= 0.6 is 0 Å². The Labute approximate surface area is 54.0 Å². The Bertz CT molecular complexity index is 96.4. The van der Waals surface area contributed by atoms with Crippen LogP contribution < -0.4 is 0 Å². The second-order valence-electron chi connectivity index (χ2n) is 1.50. The highest BCUT2D eigenvalue weighted by atomic mass is 16.6. The molecule has 0 unspecified atom stereocenters. The highest BCUT2D eigenvalue weighted by Gasteiger charge is 1.76. The second kappa shape index (κ2) is 7.07. The first-order valence-electron chi connectivity index (χ1n) is 2.58. The zero-order chi connectivity index (χ0) is 7.86. The molecule has 54 valence electrons. The number of hydrogen-bond donors (Lipinski definition) is 0. The van der Waals surface area contributed by atoms with E-state index in [1.807, 2.05) is 6.92 Å². The molecule has 0 rings (SSSR count). The van der Waals surface area contributed by atoms with Gasteiger partial charge in [0.25, 0.3) is 0 Å². The molecule has 4 nitrogen and oxygen atoms in total. The Hall–Kier alpha value is -0.930. The molecule has 9 heavy (non-hydrogen) atoms. The van der Waals surface area contributed by atoms with Gasteiger partial charge in [0.05, 0.1) is 0 Å². The van der Waals surface area contributed by atoms with E-state index in [1.165, 1.54) is 0 Å². The van der Waals surface area contributed by atoms with Crippen molar-refractivity contribution >= 4 is 5.78 Å². The van der Waals surface area contributed by atoms with Crippen molar-refractivity contribution in [2.45, 2.75) is 20.3 Å². The summed E-state index contributed by atoms with van der Waals surface area (Å²) in [5, 5.41) is 8.81. The van der Waals surface area contributed by atoms with E-state index in [4.69, 9.17) is 10.1 Å². The number of ketones is 1. The molecule has 0 atom stereocenters. The molecule has 0 fully saturated rings. The van der Waals surface area contributed by atoms with E-state index in [0.717, 1.165) is 7.05 Å². The van der Waals surface area contributed by atoms with Gasteiger partial charge in [-0.25, -0.2) is 0 Å². The number of carbonyl (C=O) groups is 1. The molecule has 0 saturated carbocycles. The second-order valence-corrected chi connectivity index (χ2v) is 1.50. The Balaban J connectivity index is 0. The average Bonchev–Trinajstić information content (AvgIpc) is 1.65. The van der Waals surface area contributed by atoms with Gasteiger partial charge in [0.2, 0.25) is 0 Å². The fourth-order valence-electron chi connectivity index (χ4n) is 0. The SMILES string of the molecule is CCC(C)=O.C[N+](=O)[O-]. The molecular weight excluding hydrogens is 122 g/mol. The molecule has 0 aromatic rings. The van der Waals surface area contributed by atoms with Gasteiger partial charge in [-0.1, -0.05) is 6.92 Å². The van der Waals surface area contributed by atoms with Crippen molar-refractivity contribution < 1.29 is 9.72 Å². The van der Waals surface area contributed by atoms with Gasteiger partial charge in [-0.3, -0.25) is 10.1 Å². The quantitative estimate of drug-likeness (QED) is 0.394. The zero-order valence-electron chi connectivity index (χ0n) is 5.88. The molecule has 0 spiro atoms. The molecular formula is C5H11NO3. The number of carbonyl (C=O) groups excluding carboxylic acids is 1. The van der Waals surface area contributed by atoms with Gasteiger partial charge < -0.3 is 4.79 Å². The van der Waals surface area contributed by atoms with Crippen molar-refractivity contribution in [2.75, 3.05) is 7.05 Å². The molecule has 0 aliphatic carbocycles. The number of Topliss-reactive ketones (excluding diaryl/α,β-unsaturated/α-hetero) is 1. The fraction of sp³-hybridized carbons (Fsp3) is 0.800. The third-order valence-electron chi connectivity index (χ3n) is 0.498. The molecule has 0 heterocycles. The topological polar surface area (TPSA) is 60.2 Å². The number of nitro groups is 1. The Kier molecular flexibility index (Phi) is 8.60. The van der Waals surface area contributed by atoms with Gasteiger partial charge in [0.1, 0.15) is 5.78 Å². The summed E-state index contributed by atoms with van der Waals surface area (Å²) < 4.78 is 0. The summed E-state index contributed by atoms with van der Waals surface area (Å²) in [7, 11) is 0.889. The van der Waals surface area contributed by atoms with E-state index >= 15 is 0 Å². The predicted octanol–water partition coefficient (Wildman–Crippen LogP) is 0.878. The third kappa shape index (κ3) is 159. The highest BCUT2D eigenvalue weighted by molar-refractivity contribution is 5.74.